The molecule has 1 aliphatic rings. The molecule has 0 fully saturated rings. The van der Waals surface area contributed by atoms with Crippen LogP contribution in [0.3, 0.4) is 0 Å². The SMILES string of the molecule is C=CCSC1=N/C(=C\c2ccc(C)cc2)C(=O)N1c1ccc(OCC)cc1. The van der Waals surface area contributed by atoms with E-state index < -0.39 is 0 Å². The molecule has 0 radical (unpaired) electrons. The average molecular weight is 378 g/mol. The molecule has 27 heavy (non-hydrogen) atoms. The van der Waals surface area contributed by atoms with Gasteiger partial charge in [-0.25, -0.2) is 4.99 Å². The summed E-state index contributed by atoms with van der Waals surface area (Å²) in [6.07, 6.45) is 3.63. The smallest absolute Gasteiger partial charge is 0.283 e. The Balaban J connectivity index is 1.92. The zero-order valence-electron chi connectivity index (χ0n) is 15.5. The third kappa shape index (κ3) is 4.49. The van der Waals surface area contributed by atoms with Gasteiger partial charge >= 0.3 is 0 Å². The summed E-state index contributed by atoms with van der Waals surface area (Å²) in [6, 6.07) is 15.5. The van der Waals surface area contributed by atoms with Gasteiger partial charge in [0.1, 0.15) is 11.4 Å². The molecule has 0 aromatic heterocycles. The average Bonchev–Trinajstić information content (AvgIpc) is 2.98. The summed E-state index contributed by atoms with van der Waals surface area (Å²) >= 11 is 1.49. The van der Waals surface area contributed by atoms with Crippen molar-refractivity contribution >= 4 is 34.6 Å². The number of benzene rings is 2. The number of rotatable bonds is 6. The number of ether oxygens (including phenoxy) is 1. The molecule has 2 aromatic rings. The van der Waals surface area contributed by atoms with E-state index in [4.69, 9.17) is 4.74 Å². The van der Waals surface area contributed by atoms with Crippen LogP contribution in [0, 0.1) is 6.92 Å². The van der Waals surface area contributed by atoms with E-state index in [1.165, 1.54) is 17.3 Å². The monoisotopic (exact) mass is 378 g/mol. The molecule has 0 N–H and O–H groups in total. The van der Waals surface area contributed by atoms with Gasteiger partial charge in [0, 0.05) is 5.75 Å². The molecule has 1 amide bonds. The summed E-state index contributed by atoms with van der Waals surface area (Å²) in [7, 11) is 0. The second-order valence-corrected chi connectivity index (χ2v) is 6.99. The molecule has 1 heterocycles. The minimum Gasteiger partial charge on any atom is -0.494 e. The van der Waals surface area contributed by atoms with Gasteiger partial charge in [0.15, 0.2) is 5.17 Å². The lowest BCUT2D eigenvalue weighted by atomic mass is 10.1. The van der Waals surface area contributed by atoms with Crippen molar-refractivity contribution in [3.8, 4) is 5.75 Å². The number of anilines is 1. The quantitative estimate of drug-likeness (QED) is 0.521. The van der Waals surface area contributed by atoms with E-state index in [1.54, 1.807) is 11.0 Å². The number of thioether (sulfide) groups is 1. The van der Waals surface area contributed by atoms with Gasteiger partial charge in [-0.15, -0.1) is 6.58 Å². The highest BCUT2D eigenvalue weighted by Crippen LogP contribution is 2.30. The van der Waals surface area contributed by atoms with Gasteiger partial charge in [0.25, 0.3) is 5.91 Å². The number of hydrogen-bond donors (Lipinski definition) is 0. The van der Waals surface area contributed by atoms with Crippen LogP contribution >= 0.6 is 11.8 Å². The van der Waals surface area contributed by atoms with Crippen molar-refractivity contribution in [1.29, 1.82) is 0 Å². The Labute approximate surface area is 164 Å². The molecular weight excluding hydrogens is 356 g/mol. The second kappa shape index (κ2) is 8.73. The Kier molecular flexibility index (Phi) is 6.14. The normalized spacial score (nSPS) is 15.2. The summed E-state index contributed by atoms with van der Waals surface area (Å²) in [5.41, 5.74) is 3.33. The predicted molar refractivity (Wildman–Crippen MR) is 114 cm³/mol. The van der Waals surface area contributed by atoms with Crippen LogP contribution in [0.1, 0.15) is 18.1 Å². The highest BCUT2D eigenvalue weighted by Gasteiger charge is 2.31. The maximum absolute atomic E-state index is 13.0. The molecule has 1 aliphatic heterocycles. The van der Waals surface area contributed by atoms with Crippen LogP contribution in [-0.4, -0.2) is 23.4 Å². The molecular formula is C22H22N2O2S. The van der Waals surface area contributed by atoms with Gasteiger partial charge in [-0.1, -0.05) is 47.7 Å². The molecule has 0 aliphatic carbocycles. The van der Waals surface area contributed by atoms with Crippen LogP contribution in [0.2, 0.25) is 0 Å². The number of amides is 1. The Bertz CT molecular complexity index is 884. The fourth-order valence-electron chi connectivity index (χ4n) is 2.63. The maximum Gasteiger partial charge on any atom is 0.283 e. The molecule has 0 spiro atoms. The van der Waals surface area contributed by atoms with Crippen LogP contribution in [0.5, 0.6) is 5.75 Å². The van der Waals surface area contributed by atoms with Gasteiger partial charge < -0.3 is 4.74 Å². The topological polar surface area (TPSA) is 41.9 Å². The first kappa shape index (κ1) is 19.0. The highest BCUT2D eigenvalue weighted by atomic mass is 32.2. The van der Waals surface area contributed by atoms with E-state index in [9.17, 15) is 4.79 Å². The fraction of sp³-hybridized carbons (Fsp3) is 0.182. The number of nitrogens with zero attached hydrogens (tertiary/aromatic N) is 2. The molecule has 138 valence electrons. The molecule has 3 rings (SSSR count). The van der Waals surface area contributed by atoms with E-state index in [0.29, 0.717) is 23.2 Å². The first-order valence-corrected chi connectivity index (χ1v) is 9.79. The lowest BCUT2D eigenvalue weighted by molar-refractivity contribution is -0.113. The van der Waals surface area contributed by atoms with Gasteiger partial charge in [0.05, 0.1) is 12.3 Å². The summed E-state index contributed by atoms with van der Waals surface area (Å²) in [6.45, 7) is 8.34. The van der Waals surface area contributed by atoms with Crippen molar-refractivity contribution in [2.45, 2.75) is 13.8 Å². The lowest BCUT2D eigenvalue weighted by Crippen LogP contribution is -2.30. The molecule has 0 saturated heterocycles. The Morgan fingerprint density at radius 1 is 1.15 bits per heavy atom. The Morgan fingerprint density at radius 3 is 2.48 bits per heavy atom. The van der Waals surface area contributed by atoms with Crippen molar-refractivity contribution in [2.75, 3.05) is 17.3 Å². The van der Waals surface area contributed by atoms with Gasteiger partial charge in [0.2, 0.25) is 0 Å². The fourth-order valence-corrected chi connectivity index (χ4v) is 3.38. The van der Waals surface area contributed by atoms with Gasteiger partial charge in [-0.05, 0) is 49.8 Å². The van der Waals surface area contributed by atoms with E-state index in [0.717, 1.165) is 17.0 Å². The zero-order valence-corrected chi connectivity index (χ0v) is 16.3. The van der Waals surface area contributed by atoms with E-state index in [-0.39, 0.29) is 5.91 Å². The molecule has 0 saturated carbocycles. The highest BCUT2D eigenvalue weighted by molar-refractivity contribution is 8.14. The molecule has 5 heteroatoms. The number of aliphatic imine (C=N–C) groups is 1. The summed E-state index contributed by atoms with van der Waals surface area (Å²) in [5.74, 6) is 1.32. The maximum atomic E-state index is 13.0. The van der Waals surface area contributed by atoms with Crippen molar-refractivity contribution in [2.24, 2.45) is 4.99 Å². The van der Waals surface area contributed by atoms with Crippen molar-refractivity contribution < 1.29 is 9.53 Å². The van der Waals surface area contributed by atoms with Gasteiger partial charge in [-0.3, -0.25) is 9.69 Å². The third-order valence-corrected chi connectivity index (χ3v) is 4.88. The number of hydrogen-bond acceptors (Lipinski definition) is 4. The summed E-state index contributed by atoms with van der Waals surface area (Å²) in [5, 5.41) is 0.655. The van der Waals surface area contributed by atoms with E-state index in [1.807, 2.05) is 68.5 Å². The van der Waals surface area contributed by atoms with Crippen molar-refractivity contribution in [3.05, 3.63) is 78.0 Å². The van der Waals surface area contributed by atoms with Gasteiger partial charge in [-0.2, -0.15) is 0 Å². The van der Waals surface area contributed by atoms with Crippen LogP contribution in [0.4, 0.5) is 5.69 Å². The number of aryl methyl sites for hydroxylation is 1. The summed E-state index contributed by atoms with van der Waals surface area (Å²) < 4.78 is 5.49. The largest absolute Gasteiger partial charge is 0.494 e. The number of carbonyl (C=O) groups is 1. The van der Waals surface area contributed by atoms with E-state index >= 15 is 0 Å². The van der Waals surface area contributed by atoms with Crippen LogP contribution in [0.25, 0.3) is 6.08 Å². The van der Waals surface area contributed by atoms with Crippen molar-refractivity contribution in [1.82, 2.24) is 0 Å². The number of carbonyl (C=O) groups excluding carboxylic acids is 1. The summed E-state index contributed by atoms with van der Waals surface area (Å²) in [4.78, 5) is 19.3. The standard InChI is InChI=1S/C22H22N2O2S/c1-4-14-27-22-23-20(15-17-8-6-16(3)7-9-17)21(25)24(22)18-10-12-19(13-11-18)26-5-2/h4,6-13,15H,1,5,14H2,2-3H3/b20-15-. The van der Waals surface area contributed by atoms with E-state index in [2.05, 4.69) is 11.6 Å². The number of amidine groups is 1. The minimum absolute atomic E-state index is 0.133. The lowest BCUT2D eigenvalue weighted by Gasteiger charge is -2.17. The van der Waals surface area contributed by atoms with Crippen molar-refractivity contribution in [3.63, 3.8) is 0 Å². The molecule has 4 nitrogen and oxygen atoms in total. The van der Waals surface area contributed by atoms with Crippen LogP contribution in [-0.2, 0) is 4.79 Å². The van der Waals surface area contributed by atoms with Crippen LogP contribution < -0.4 is 9.64 Å². The second-order valence-electron chi connectivity index (χ2n) is 6.00. The first-order valence-electron chi connectivity index (χ1n) is 8.80. The molecule has 0 unspecified atom stereocenters. The van der Waals surface area contributed by atoms with Crippen LogP contribution in [0.15, 0.2) is 71.9 Å². The first-order chi connectivity index (χ1) is 13.1. The molecule has 2 aromatic carbocycles. The molecule has 0 atom stereocenters. The zero-order chi connectivity index (χ0) is 19.2. The Morgan fingerprint density at radius 2 is 1.85 bits per heavy atom. The Hall–Kier alpha value is -2.79. The predicted octanol–water partition coefficient (Wildman–Crippen LogP) is 5.06. The molecule has 0 bridgehead atoms. The minimum atomic E-state index is -0.133. The third-order valence-electron chi connectivity index (χ3n) is 3.95.